The summed E-state index contributed by atoms with van der Waals surface area (Å²) in [6, 6.07) is 22.4. The first-order valence-electron chi connectivity index (χ1n) is 9.61. The highest BCUT2D eigenvalue weighted by Gasteiger charge is 2.19. The van der Waals surface area contributed by atoms with Crippen LogP contribution in [0.25, 0.3) is 11.0 Å². The van der Waals surface area contributed by atoms with Crippen LogP contribution in [-0.2, 0) is 4.79 Å². The first-order chi connectivity index (χ1) is 14.1. The number of fused-ring (bicyclic) bond motifs is 1. The number of imidazole rings is 1. The molecular formula is C23H23N3OS2. The van der Waals surface area contributed by atoms with Crippen molar-refractivity contribution in [1.82, 2.24) is 14.9 Å². The second-order valence-electron chi connectivity index (χ2n) is 7.06. The summed E-state index contributed by atoms with van der Waals surface area (Å²) >= 11 is 3.14. The van der Waals surface area contributed by atoms with Crippen LogP contribution in [0.3, 0.4) is 0 Å². The van der Waals surface area contributed by atoms with E-state index >= 15 is 0 Å². The molecule has 4 rings (SSSR count). The van der Waals surface area contributed by atoms with E-state index in [-0.39, 0.29) is 18.0 Å². The Morgan fingerprint density at radius 2 is 1.83 bits per heavy atom. The zero-order chi connectivity index (χ0) is 20.2. The summed E-state index contributed by atoms with van der Waals surface area (Å²) in [5.74, 6) is 0.324. The van der Waals surface area contributed by atoms with Crippen LogP contribution in [0.5, 0.6) is 0 Å². The summed E-state index contributed by atoms with van der Waals surface area (Å²) in [4.78, 5) is 18.7. The monoisotopic (exact) mass is 421 g/mol. The van der Waals surface area contributed by atoms with E-state index in [4.69, 9.17) is 4.98 Å². The van der Waals surface area contributed by atoms with Gasteiger partial charge in [0.15, 0.2) is 5.16 Å². The molecule has 1 N–H and O–H groups in total. The van der Waals surface area contributed by atoms with Crippen LogP contribution in [0.2, 0.25) is 0 Å². The van der Waals surface area contributed by atoms with Gasteiger partial charge in [0.1, 0.15) is 0 Å². The molecule has 0 fully saturated rings. The average Bonchev–Trinajstić information content (AvgIpc) is 3.38. The maximum absolute atomic E-state index is 12.8. The quantitative estimate of drug-likeness (QED) is 0.391. The normalized spacial score (nSPS) is 12.4. The van der Waals surface area contributed by atoms with Crippen molar-refractivity contribution in [3.05, 3.63) is 82.6 Å². The minimum atomic E-state index is -0.131. The Morgan fingerprint density at radius 3 is 2.55 bits per heavy atom. The summed E-state index contributed by atoms with van der Waals surface area (Å²) in [5.41, 5.74) is 3.15. The number of carbonyl (C=O) groups is 1. The third-order valence-corrected chi connectivity index (χ3v) is 6.57. The van der Waals surface area contributed by atoms with Crippen molar-refractivity contribution >= 4 is 40.0 Å². The van der Waals surface area contributed by atoms with E-state index in [2.05, 4.69) is 48.0 Å². The molecule has 4 nitrogen and oxygen atoms in total. The van der Waals surface area contributed by atoms with Gasteiger partial charge < -0.3 is 9.88 Å². The van der Waals surface area contributed by atoms with E-state index in [0.29, 0.717) is 5.75 Å². The lowest BCUT2D eigenvalue weighted by Gasteiger charge is -2.18. The number of rotatable bonds is 7. The van der Waals surface area contributed by atoms with Crippen LogP contribution in [0, 0.1) is 0 Å². The standard InChI is InChI=1S/C23H23N3OS2/c1-16(2)26-19-12-7-6-11-18(19)24-23(26)29-15-21(27)25-22(20-13-8-14-28-20)17-9-4-3-5-10-17/h3-14,16,22H,15H2,1-2H3,(H,25,27)/t22-/m0/s1. The number of nitrogens with zero attached hydrogens (tertiary/aromatic N) is 2. The summed E-state index contributed by atoms with van der Waals surface area (Å²) in [6.45, 7) is 4.28. The van der Waals surface area contributed by atoms with Crippen LogP contribution in [0.4, 0.5) is 0 Å². The van der Waals surface area contributed by atoms with Crippen molar-refractivity contribution in [3.8, 4) is 0 Å². The molecule has 0 aliphatic rings. The van der Waals surface area contributed by atoms with E-state index in [1.54, 1.807) is 11.3 Å². The van der Waals surface area contributed by atoms with Gasteiger partial charge in [0.25, 0.3) is 0 Å². The molecule has 4 aromatic rings. The Labute approximate surface area is 179 Å². The van der Waals surface area contributed by atoms with Gasteiger partial charge in [-0.25, -0.2) is 4.98 Å². The number of benzene rings is 2. The summed E-state index contributed by atoms with van der Waals surface area (Å²) < 4.78 is 2.20. The van der Waals surface area contributed by atoms with Crippen molar-refractivity contribution in [1.29, 1.82) is 0 Å². The Kier molecular flexibility index (Phi) is 6.02. The first-order valence-corrected chi connectivity index (χ1v) is 11.5. The van der Waals surface area contributed by atoms with Crippen molar-refractivity contribution < 1.29 is 4.79 Å². The fourth-order valence-electron chi connectivity index (χ4n) is 3.38. The molecule has 148 valence electrons. The molecule has 0 aliphatic heterocycles. The molecular weight excluding hydrogens is 398 g/mol. The molecule has 0 spiro atoms. The third-order valence-electron chi connectivity index (χ3n) is 4.68. The number of hydrogen-bond acceptors (Lipinski definition) is 4. The van der Waals surface area contributed by atoms with Gasteiger partial charge in [-0.1, -0.05) is 60.3 Å². The molecule has 2 heterocycles. The molecule has 0 saturated heterocycles. The Hall–Kier alpha value is -2.57. The van der Waals surface area contributed by atoms with Gasteiger partial charge in [-0.15, -0.1) is 11.3 Å². The number of carbonyl (C=O) groups excluding carboxylic acids is 1. The lowest BCUT2D eigenvalue weighted by atomic mass is 10.1. The molecule has 0 saturated carbocycles. The van der Waals surface area contributed by atoms with E-state index in [9.17, 15) is 4.79 Å². The van der Waals surface area contributed by atoms with E-state index in [0.717, 1.165) is 26.6 Å². The SMILES string of the molecule is CC(C)n1c(SCC(=O)N[C@@H](c2ccccc2)c2cccs2)nc2ccccc21. The molecule has 1 atom stereocenters. The smallest absolute Gasteiger partial charge is 0.231 e. The maximum atomic E-state index is 12.8. The average molecular weight is 422 g/mol. The lowest BCUT2D eigenvalue weighted by Crippen LogP contribution is -2.30. The molecule has 0 bridgehead atoms. The van der Waals surface area contributed by atoms with Crippen LogP contribution in [0.1, 0.15) is 36.4 Å². The van der Waals surface area contributed by atoms with Gasteiger partial charge in [0.05, 0.1) is 22.8 Å². The Morgan fingerprint density at radius 1 is 1.07 bits per heavy atom. The number of aromatic nitrogens is 2. The number of thiophene rings is 1. The predicted octanol–water partition coefficient (Wildman–Crippen LogP) is 5.68. The highest BCUT2D eigenvalue weighted by atomic mass is 32.2. The third kappa shape index (κ3) is 4.38. The molecule has 1 amide bonds. The second-order valence-corrected chi connectivity index (χ2v) is 8.98. The van der Waals surface area contributed by atoms with Gasteiger partial charge in [-0.2, -0.15) is 0 Å². The first kappa shape index (κ1) is 19.7. The molecule has 2 aromatic heterocycles. The van der Waals surface area contributed by atoms with Gasteiger partial charge in [0.2, 0.25) is 5.91 Å². The van der Waals surface area contributed by atoms with Gasteiger partial charge >= 0.3 is 0 Å². The number of thioether (sulfide) groups is 1. The van der Waals surface area contributed by atoms with Crippen LogP contribution < -0.4 is 5.32 Å². The van der Waals surface area contributed by atoms with Crippen molar-refractivity contribution in [2.45, 2.75) is 31.1 Å². The van der Waals surface area contributed by atoms with Gasteiger partial charge in [-0.05, 0) is 43.0 Å². The van der Waals surface area contributed by atoms with Gasteiger partial charge in [-0.3, -0.25) is 4.79 Å². The summed E-state index contributed by atoms with van der Waals surface area (Å²) in [5, 5.41) is 6.12. The minimum absolute atomic E-state index is 0.000356. The summed E-state index contributed by atoms with van der Waals surface area (Å²) in [6.07, 6.45) is 0. The van der Waals surface area contributed by atoms with Crippen LogP contribution >= 0.6 is 23.1 Å². The highest BCUT2D eigenvalue weighted by molar-refractivity contribution is 7.99. The van der Waals surface area contributed by atoms with Crippen LogP contribution in [-0.4, -0.2) is 21.2 Å². The number of amides is 1. The highest BCUT2D eigenvalue weighted by Crippen LogP contribution is 2.29. The molecule has 6 heteroatoms. The number of nitrogens with one attached hydrogen (secondary N) is 1. The molecule has 0 radical (unpaired) electrons. The molecule has 0 unspecified atom stereocenters. The fourth-order valence-corrected chi connectivity index (χ4v) is 5.13. The maximum Gasteiger partial charge on any atom is 0.231 e. The largest absolute Gasteiger partial charge is 0.344 e. The Balaban J connectivity index is 1.51. The number of para-hydroxylation sites is 2. The topological polar surface area (TPSA) is 46.9 Å². The van der Waals surface area contributed by atoms with E-state index in [1.165, 1.54) is 11.8 Å². The predicted molar refractivity (Wildman–Crippen MR) is 122 cm³/mol. The lowest BCUT2D eigenvalue weighted by molar-refractivity contribution is -0.119. The molecule has 29 heavy (non-hydrogen) atoms. The fraction of sp³-hybridized carbons (Fsp3) is 0.217. The number of hydrogen-bond donors (Lipinski definition) is 1. The zero-order valence-electron chi connectivity index (χ0n) is 16.4. The molecule has 2 aromatic carbocycles. The molecule has 0 aliphatic carbocycles. The summed E-state index contributed by atoms with van der Waals surface area (Å²) in [7, 11) is 0. The van der Waals surface area contributed by atoms with Gasteiger partial charge in [0, 0.05) is 10.9 Å². The zero-order valence-corrected chi connectivity index (χ0v) is 18.0. The second kappa shape index (κ2) is 8.84. The van der Waals surface area contributed by atoms with E-state index < -0.39 is 0 Å². The van der Waals surface area contributed by atoms with Crippen molar-refractivity contribution in [2.75, 3.05) is 5.75 Å². The Bertz CT molecular complexity index is 1090. The minimum Gasteiger partial charge on any atom is -0.344 e. The van der Waals surface area contributed by atoms with Crippen molar-refractivity contribution in [3.63, 3.8) is 0 Å². The van der Waals surface area contributed by atoms with Crippen molar-refractivity contribution in [2.24, 2.45) is 0 Å². The van der Waals surface area contributed by atoms with E-state index in [1.807, 2.05) is 47.8 Å². The van der Waals surface area contributed by atoms with Crippen LogP contribution in [0.15, 0.2) is 77.3 Å².